The number of ether oxygens (including phenoxy) is 3. The highest BCUT2D eigenvalue weighted by atomic mass is 16.6. The van der Waals surface area contributed by atoms with Crippen LogP contribution in [0.1, 0.15) is 65.2 Å². The first-order valence-electron chi connectivity index (χ1n) is 13.9. The number of hydrogen-bond acceptors (Lipinski definition) is 6. The van der Waals surface area contributed by atoms with Crippen molar-refractivity contribution in [1.29, 1.82) is 0 Å². The van der Waals surface area contributed by atoms with Crippen LogP contribution >= 0.6 is 0 Å². The average molecular weight is 505 g/mol. The normalized spacial score (nSPS) is 45.9. The minimum Gasteiger partial charge on any atom is -0.483 e. The van der Waals surface area contributed by atoms with E-state index in [9.17, 15) is 14.4 Å². The maximum absolute atomic E-state index is 14.0. The second-order valence-corrected chi connectivity index (χ2v) is 13.3. The van der Waals surface area contributed by atoms with E-state index in [1.165, 1.54) is 11.1 Å². The number of Topliss-reactive ketones (excluding diaryl/α,β-unsaturated/α-hetero) is 1. The maximum Gasteiger partial charge on any atom is 0.334 e. The summed E-state index contributed by atoms with van der Waals surface area (Å²) in [6, 6.07) is 0. The van der Waals surface area contributed by atoms with E-state index in [0.29, 0.717) is 30.4 Å². The molecule has 7 rings (SSSR count). The number of allylic oxidation sites excluding steroid dienone is 2. The molecule has 6 nitrogen and oxygen atoms in total. The largest absolute Gasteiger partial charge is 0.483 e. The van der Waals surface area contributed by atoms with Crippen molar-refractivity contribution in [3.05, 3.63) is 47.8 Å². The summed E-state index contributed by atoms with van der Waals surface area (Å²) in [5.74, 6) is 0.419. The molecule has 7 aliphatic rings. The number of hydrogen-bond donors (Lipinski definition) is 0. The van der Waals surface area contributed by atoms with Gasteiger partial charge in [0.15, 0.2) is 11.4 Å². The van der Waals surface area contributed by atoms with Crippen molar-refractivity contribution in [2.75, 3.05) is 0 Å². The smallest absolute Gasteiger partial charge is 0.334 e. The van der Waals surface area contributed by atoms with Crippen molar-refractivity contribution >= 4 is 17.7 Å². The molecule has 196 valence electrons. The minimum absolute atomic E-state index is 0.00630. The number of rotatable bonds is 0. The van der Waals surface area contributed by atoms with Gasteiger partial charge in [-0.25, -0.2) is 9.59 Å². The fourth-order valence-electron chi connectivity index (χ4n) is 9.24. The highest BCUT2D eigenvalue weighted by Gasteiger charge is 2.68. The lowest BCUT2D eigenvalue weighted by Crippen LogP contribution is -2.52. The molecule has 4 aliphatic carbocycles. The fraction of sp³-hybridized carbons (Fsp3) is 0.645. The molecule has 5 fully saturated rings. The standard InChI is InChI=1S/C31H36O6/c1-14-6-7-17-15(2)28(33)35-26(17)24-19-9-11-31(37-22(19)12-20(14)24)23(32)13-21-25(31)27-18(8-10-30(21,4)5)16(3)29(34)36-27/h17-18,20-21,24-27H,1-3,6-13H2,4-5H3/t17-,18-,20-,21+,24-,25-,26-,27-,31+/m0/s1. The zero-order chi connectivity index (χ0) is 26.0. The molecule has 0 N–H and O–H groups in total. The minimum atomic E-state index is -0.987. The van der Waals surface area contributed by atoms with Crippen LogP contribution < -0.4 is 0 Å². The van der Waals surface area contributed by atoms with Gasteiger partial charge in [0.05, 0.1) is 5.76 Å². The third-order valence-corrected chi connectivity index (χ3v) is 11.3. The molecular formula is C31H36O6. The third-order valence-electron chi connectivity index (χ3n) is 11.3. The topological polar surface area (TPSA) is 78.9 Å². The fourth-order valence-corrected chi connectivity index (χ4v) is 9.24. The van der Waals surface area contributed by atoms with Gasteiger partial charge in [0.25, 0.3) is 0 Å². The molecule has 3 saturated carbocycles. The molecule has 37 heavy (non-hydrogen) atoms. The Morgan fingerprint density at radius 1 is 0.811 bits per heavy atom. The molecule has 0 unspecified atom stereocenters. The van der Waals surface area contributed by atoms with Gasteiger partial charge in [-0.3, -0.25) is 4.79 Å². The summed E-state index contributed by atoms with van der Waals surface area (Å²) < 4.78 is 18.9. The molecule has 1 spiro atoms. The first kappa shape index (κ1) is 23.5. The van der Waals surface area contributed by atoms with Crippen LogP contribution in [-0.4, -0.2) is 35.5 Å². The number of carbonyl (C=O) groups is 3. The van der Waals surface area contributed by atoms with Gasteiger partial charge in [-0.15, -0.1) is 0 Å². The van der Waals surface area contributed by atoms with Crippen LogP contribution in [0, 0.1) is 40.9 Å². The Hall–Kier alpha value is -2.63. The highest BCUT2D eigenvalue weighted by molar-refractivity contribution is 5.94. The van der Waals surface area contributed by atoms with Gasteiger partial charge in [-0.05, 0) is 61.3 Å². The summed E-state index contributed by atoms with van der Waals surface area (Å²) in [4.78, 5) is 39.0. The van der Waals surface area contributed by atoms with E-state index in [1.54, 1.807) is 0 Å². The van der Waals surface area contributed by atoms with Crippen molar-refractivity contribution in [3.8, 4) is 0 Å². The van der Waals surface area contributed by atoms with Gasteiger partial charge in [-0.2, -0.15) is 0 Å². The summed E-state index contributed by atoms with van der Waals surface area (Å²) in [5.41, 5.74) is 2.41. The Bertz CT molecular complexity index is 1220. The molecule has 6 heteroatoms. The predicted octanol–water partition coefficient (Wildman–Crippen LogP) is 5.00. The van der Waals surface area contributed by atoms with Crippen molar-refractivity contribution in [1.82, 2.24) is 0 Å². The van der Waals surface area contributed by atoms with Crippen molar-refractivity contribution in [2.45, 2.75) is 83.0 Å². The quantitative estimate of drug-likeness (QED) is 0.263. The molecule has 9 atom stereocenters. The van der Waals surface area contributed by atoms with Crippen LogP contribution in [0.3, 0.4) is 0 Å². The van der Waals surface area contributed by atoms with Crippen LogP contribution in [0.4, 0.5) is 0 Å². The summed E-state index contributed by atoms with van der Waals surface area (Å²) in [7, 11) is 0. The second-order valence-electron chi connectivity index (χ2n) is 13.3. The SMILES string of the molecule is C=C1C(=O)O[C@@H]2[C@H]3C4=C(C[C@H]3C(=C)CC[C@@H]12)O[C@]1(CC4)C(=O)C[C@@H]2[C@H]1[C@H]1OC(=O)C(=C)[C@@H]1CCC2(C)C. The van der Waals surface area contributed by atoms with E-state index < -0.39 is 5.60 Å². The Morgan fingerprint density at radius 2 is 1.49 bits per heavy atom. The second kappa shape index (κ2) is 7.48. The molecule has 0 radical (unpaired) electrons. The van der Waals surface area contributed by atoms with Crippen LogP contribution in [0.2, 0.25) is 0 Å². The number of fused-ring (bicyclic) bond motifs is 8. The van der Waals surface area contributed by atoms with E-state index in [1.807, 2.05) is 0 Å². The summed E-state index contributed by atoms with van der Waals surface area (Å²) in [5, 5.41) is 0. The predicted molar refractivity (Wildman–Crippen MR) is 135 cm³/mol. The molecule has 3 heterocycles. The van der Waals surface area contributed by atoms with E-state index in [4.69, 9.17) is 14.2 Å². The Kier molecular flexibility index (Phi) is 4.75. The Morgan fingerprint density at radius 3 is 2.22 bits per heavy atom. The van der Waals surface area contributed by atoms with Crippen LogP contribution in [0.15, 0.2) is 47.8 Å². The van der Waals surface area contributed by atoms with Gasteiger partial charge in [0.1, 0.15) is 12.2 Å². The average Bonchev–Trinajstić information content (AvgIpc) is 3.49. The van der Waals surface area contributed by atoms with E-state index in [0.717, 1.165) is 37.9 Å². The first-order valence-corrected chi connectivity index (χ1v) is 13.9. The highest BCUT2D eigenvalue weighted by Crippen LogP contribution is 2.63. The molecule has 2 saturated heterocycles. The van der Waals surface area contributed by atoms with Crippen LogP contribution in [0.5, 0.6) is 0 Å². The molecule has 3 aliphatic heterocycles. The van der Waals surface area contributed by atoms with Gasteiger partial charge < -0.3 is 14.2 Å². The number of ketones is 1. The van der Waals surface area contributed by atoms with Gasteiger partial charge >= 0.3 is 11.9 Å². The first-order chi connectivity index (χ1) is 17.5. The molecule has 0 aromatic heterocycles. The number of carbonyl (C=O) groups excluding carboxylic acids is 3. The molecule has 0 amide bonds. The maximum atomic E-state index is 14.0. The van der Waals surface area contributed by atoms with E-state index in [-0.39, 0.29) is 70.9 Å². The van der Waals surface area contributed by atoms with E-state index in [2.05, 4.69) is 33.6 Å². The zero-order valence-electron chi connectivity index (χ0n) is 21.8. The molecule has 0 bridgehead atoms. The van der Waals surface area contributed by atoms with Crippen LogP contribution in [-0.2, 0) is 28.6 Å². The molecule has 0 aromatic carbocycles. The zero-order valence-corrected chi connectivity index (χ0v) is 21.8. The van der Waals surface area contributed by atoms with E-state index >= 15 is 0 Å². The Balaban J connectivity index is 1.29. The lowest BCUT2D eigenvalue weighted by molar-refractivity contribution is -0.160. The molecular weight excluding hydrogens is 468 g/mol. The summed E-state index contributed by atoms with van der Waals surface area (Å²) in [6.45, 7) is 17.0. The number of esters is 2. The summed E-state index contributed by atoms with van der Waals surface area (Å²) in [6.07, 6.45) is 5.26. The van der Waals surface area contributed by atoms with Gasteiger partial charge in [0, 0.05) is 47.7 Å². The van der Waals surface area contributed by atoms with Gasteiger partial charge in [0.2, 0.25) is 0 Å². The lowest BCUT2D eigenvalue weighted by atomic mass is 9.67. The van der Waals surface area contributed by atoms with Crippen molar-refractivity contribution < 1.29 is 28.6 Å². The Labute approximate surface area is 218 Å². The lowest BCUT2D eigenvalue weighted by Gasteiger charge is -2.44. The van der Waals surface area contributed by atoms with Crippen molar-refractivity contribution in [2.24, 2.45) is 40.9 Å². The molecule has 0 aromatic rings. The summed E-state index contributed by atoms with van der Waals surface area (Å²) >= 11 is 0. The van der Waals surface area contributed by atoms with Gasteiger partial charge in [-0.1, -0.05) is 39.2 Å². The van der Waals surface area contributed by atoms with Crippen LogP contribution in [0.25, 0.3) is 0 Å². The third kappa shape index (κ3) is 2.96. The van der Waals surface area contributed by atoms with Crippen molar-refractivity contribution in [3.63, 3.8) is 0 Å². The monoisotopic (exact) mass is 504 g/mol.